The molecular weight excluding hydrogens is 228 g/mol. The summed E-state index contributed by atoms with van der Waals surface area (Å²) in [5, 5.41) is 9.31. The third kappa shape index (κ3) is 2.77. The molecular formula is C14H20N2O2. The monoisotopic (exact) mass is 248 g/mol. The summed E-state index contributed by atoms with van der Waals surface area (Å²) in [6, 6.07) is 5.91. The van der Waals surface area contributed by atoms with Gasteiger partial charge in [-0.1, -0.05) is 12.1 Å². The van der Waals surface area contributed by atoms with Crippen LogP contribution in [-0.2, 0) is 13.1 Å². The summed E-state index contributed by atoms with van der Waals surface area (Å²) < 4.78 is 0. The molecule has 4 heteroatoms. The van der Waals surface area contributed by atoms with E-state index in [1.54, 1.807) is 0 Å². The summed E-state index contributed by atoms with van der Waals surface area (Å²) in [5.41, 5.74) is 8.57. The number of aliphatic hydroxyl groups is 1. The Morgan fingerprint density at radius 2 is 2.28 bits per heavy atom. The summed E-state index contributed by atoms with van der Waals surface area (Å²) >= 11 is 0. The highest BCUT2D eigenvalue weighted by atomic mass is 16.3. The molecule has 0 radical (unpaired) electrons. The largest absolute Gasteiger partial charge is 0.395 e. The van der Waals surface area contributed by atoms with Crippen LogP contribution in [0.5, 0.6) is 0 Å². The molecule has 2 rings (SSSR count). The average molecular weight is 248 g/mol. The van der Waals surface area contributed by atoms with Crippen LogP contribution in [0.1, 0.15) is 34.3 Å². The number of hydrogen-bond acceptors (Lipinski definition) is 4. The SMILES string of the molecule is NCc1cc(C=O)ccc1CN1CCCC1CO. The molecule has 98 valence electrons. The Balaban J connectivity index is 2.15. The summed E-state index contributed by atoms with van der Waals surface area (Å²) in [5.74, 6) is 0. The first kappa shape index (κ1) is 13.2. The van der Waals surface area contributed by atoms with E-state index < -0.39 is 0 Å². The lowest BCUT2D eigenvalue weighted by Gasteiger charge is -2.23. The van der Waals surface area contributed by atoms with Crippen LogP contribution < -0.4 is 5.73 Å². The minimum Gasteiger partial charge on any atom is -0.395 e. The second kappa shape index (κ2) is 6.09. The van der Waals surface area contributed by atoms with Crippen LogP contribution >= 0.6 is 0 Å². The zero-order valence-corrected chi connectivity index (χ0v) is 10.5. The summed E-state index contributed by atoms with van der Waals surface area (Å²) in [4.78, 5) is 13.0. The predicted molar refractivity (Wildman–Crippen MR) is 70.2 cm³/mol. The van der Waals surface area contributed by atoms with Crippen molar-refractivity contribution in [1.29, 1.82) is 0 Å². The highest BCUT2D eigenvalue weighted by Gasteiger charge is 2.24. The summed E-state index contributed by atoms with van der Waals surface area (Å²) in [7, 11) is 0. The van der Waals surface area contributed by atoms with E-state index in [-0.39, 0.29) is 12.6 Å². The number of nitrogens with zero attached hydrogens (tertiary/aromatic N) is 1. The van der Waals surface area contributed by atoms with Gasteiger partial charge in [-0.3, -0.25) is 9.69 Å². The van der Waals surface area contributed by atoms with Gasteiger partial charge in [0.1, 0.15) is 6.29 Å². The number of rotatable bonds is 5. The molecule has 0 saturated carbocycles. The maximum atomic E-state index is 10.7. The third-order valence-electron chi connectivity index (χ3n) is 3.67. The molecule has 1 saturated heterocycles. The fourth-order valence-corrected chi connectivity index (χ4v) is 2.59. The molecule has 3 N–H and O–H groups in total. The zero-order chi connectivity index (χ0) is 13.0. The van der Waals surface area contributed by atoms with Crippen molar-refractivity contribution in [2.24, 2.45) is 5.73 Å². The maximum absolute atomic E-state index is 10.7. The Labute approximate surface area is 107 Å². The highest BCUT2D eigenvalue weighted by Crippen LogP contribution is 2.21. The van der Waals surface area contributed by atoms with E-state index in [4.69, 9.17) is 5.73 Å². The van der Waals surface area contributed by atoms with Crippen molar-refractivity contribution in [3.8, 4) is 0 Å². The maximum Gasteiger partial charge on any atom is 0.150 e. The minimum atomic E-state index is 0.213. The molecule has 1 aromatic carbocycles. The second-order valence-corrected chi connectivity index (χ2v) is 4.80. The first-order valence-corrected chi connectivity index (χ1v) is 6.40. The normalized spacial score (nSPS) is 20.2. The van der Waals surface area contributed by atoms with Crippen molar-refractivity contribution >= 4 is 6.29 Å². The fourth-order valence-electron chi connectivity index (χ4n) is 2.59. The lowest BCUT2D eigenvalue weighted by Crippen LogP contribution is -2.32. The zero-order valence-electron chi connectivity index (χ0n) is 10.5. The van der Waals surface area contributed by atoms with Gasteiger partial charge in [0.15, 0.2) is 0 Å². The number of aldehydes is 1. The Morgan fingerprint density at radius 3 is 2.94 bits per heavy atom. The fraction of sp³-hybridized carbons (Fsp3) is 0.500. The molecule has 4 nitrogen and oxygen atoms in total. The van der Waals surface area contributed by atoms with Crippen LogP contribution in [0, 0.1) is 0 Å². The predicted octanol–water partition coefficient (Wildman–Crippen LogP) is 0.915. The Bertz CT molecular complexity index is 420. The number of hydrogen-bond donors (Lipinski definition) is 2. The first-order valence-electron chi connectivity index (χ1n) is 6.40. The molecule has 0 bridgehead atoms. The topological polar surface area (TPSA) is 66.6 Å². The molecule has 18 heavy (non-hydrogen) atoms. The van der Waals surface area contributed by atoms with Gasteiger partial charge in [-0.25, -0.2) is 0 Å². The van der Waals surface area contributed by atoms with Crippen LogP contribution in [0.15, 0.2) is 18.2 Å². The summed E-state index contributed by atoms with van der Waals surface area (Å²) in [6.07, 6.45) is 3.03. The molecule has 1 unspecified atom stereocenters. The molecule has 1 aliphatic rings. The molecule has 1 heterocycles. The van der Waals surface area contributed by atoms with Gasteiger partial charge in [-0.15, -0.1) is 0 Å². The van der Waals surface area contributed by atoms with Crippen molar-refractivity contribution in [2.75, 3.05) is 13.2 Å². The Morgan fingerprint density at radius 1 is 1.44 bits per heavy atom. The molecule has 0 spiro atoms. The third-order valence-corrected chi connectivity index (χ3v) is 3.67. The van der Waals surface area contributed by atoms with Crippen LogP contribution in [0.25, 0.3) is 0 Å². The van der Waals surface area contributed by atoms with Gasteiger partial charge in [0.2, 0.25) is 0 Å². The molecule has 1 atom stereocenters. The van der Waals surface area contributed by atoms with Crippen LogP contribution in [0.2, 0.25) is 0 Å². The van der Waals surface area contributed by atoms with E-state index in [0.717, 1.165) is 43.3 Å². The number of benzene rings is 1. The number of carbonyl (C=O) groups excluding carboxylic acids is 1. The molecule has 1 aliphatic heterocycles. The van der Waals surface area contributed by atoms with Gasteiger partial charge in [-0.2, -0.15) is 0 Å². The van der Waals surface area contributed by atoms with E-state index >= 15 is 0 Å². The van der Waals surface area contributed by atoms with E-state index in [0.29, 0.717) is 12.1 Å². The smallest absolute Gasteiger partial charge is 0.150 e. The molecule has 0 amide bonds. The number of aliphatic hydroxyl groups excluding tert-OH is 1. The molecule has 0 aliphatic carbocycles. The Kier molecular flexibility index (Phi) is 4.47. The molecule has 1 fully saturated rings. The molecule has 1 aromatic rings. The number of carbonyl (C=O) groups is 1. The van der Waals surface area contributed by atoms with E-state index in [9.17, 15) is 9.90 Å². The number of nitrogens with two attached hydrogens (primary N) is 1. The number of likely N-dealkylation sites (tertiary alicyclic amines) is 1. The van der Waals surface area contributed by atoms with Gasteiger partial charge < -0.3 is 10.8 Å². The van der Waals surface area contributed by atoms with Crippen molar-refractivity contribution in [3.63, 3.8) is 0 Å². The minimum absolute atomic E-state index is 0.213. The first-order chi connectivity index (χ1) is 8.78. The van der Waals surface area contributed by atoms with E-state index in [1.807, 2.05) is 18.2 Å². The van der Waals surface area contributed by atoms with Crippen LogP contribution in [-0.4, -0.2) is 35.5 Å². The Hall–Kier alpha value is -1.23. The van der Waals surface area contributed by atoms with Gasteiger partial charge >= 0.3 is 0 Å². The molecule has 0 aromatic heterocycles. The van der Waals surface area contributed by atoms with Gasteiger partial charge in [0.05, 0.1) is 6.61 Å². The highest BCUT2D eigenvalue weighted by molar-refractivity contribution is 5.75. The quantitative estimate of drug-likeness (QED) is 0.760. The van der Waals surface area contributed by atoms with Crippen molar-refractivity contribution in [3.05, 3.63) is 34.9 Å². The van der Waals surface area contributed by atoms with Crippen molar-refractivity contribution in [1.82, 2.24) is 4.90 Å². The van der Waals surface area contributed by atoms with E-state index in [2.05, 4.69) is 4.90 Å². The van der Waals surface area contributed by atoms with Crippen LogP contribution in [0.4, 0.5) is 0 Å². The van der Waals surface area contributed by atoms with E-state index in [1.165, 1.54) is 0 Å². The lowest BCUT2D eigenvalue weighted by molar-refractivity contribution is 0.112. The van der Waals surface area contributed by atoms with Crippen molar-refractivity contribution in [2.45, 2.75) is 32.0 Å². The van der Waals surface area contributed by atoms with Crippen LogP contribution in [0.3, 0.4) is 0 Å². The second-order valence-electron chi connectivity index (χ2n) is 4.80. The van der Waals surface area contributed by atoms with Gasteiger partial charge in [0, 0.05) is 24.7 Å². The summed E-state index contributed by atoms with van der Waals surface area (Å²) in [6.45, 7) is 2.47. The standard InChI is InChI=1S/C14H20N2O2/c15-7-13-6-11(9-17)3-4-12(13)8-16-5-1-2-14(16)10-18/h3-4,6,9,14,18H,1-2,5,7-8,10,15H2. The lowest BCUT2D eigenvalue weighted by atomic mass is 10.0. The van der Waals surface area contributed by atoms with Crippen molar-refractivity contribution < 1.29 is 9.90 Å². The van der Waals surface area contributed by atoms with Gasteiger partial charge in [0.25, 0.3) is 0 Å². The van der Waals surface area contributed by atoms with Gasteiger partial charge in [-0.05, 0) is 36.6 Å². The average Bonchev–Trinajstić information content (AvgIpc) is 2.86.